The van der Waals surface area contributed by atoms with Crippen LogP contribution in [0.5, 0.6) is 11.5 Å². The van der Waals surface area contributed by atoms with Crippen LogP contribution in [-0.2, 0) is 11.3 Å². The highest BCUT2D eigenvalue weighted by atomic mass is 19.4. The number of carbonyl (C=O) groups is 1. The maximum atomic E-state index is 13.6. The molecular weight excluding hydrogens is 394 g/mol. The molecule has 0 saturated carbocycles. The van der Waals surface area contributed by atoms with Crippen molar-refractivity contribution in [3.63, 3.8) is 0 Å². The molecule has 3 rings (SSSR count). The van der Waals surface area contributed by atoms with Crippen molar-refractivity contribution in [1.82, 2.24) is 4.90 Å². The molecule has 0 aromatic heterocycles. The minimum Gasteiger partial charge on any atom is -0.493 e. The molecule has 0 bridgehead atoms. The zero-order valence-electron chi connectivity index (χ0n) is 15.4. The topological polar surface area (TPSA) is 59.0 Å². The van der Waals surface area contributed by atoms with Crippen LogP contribution in [-0.4, -0.2) is 35.0 Å². The molecule has 29 heavy (non-hydrogen) atoms. The first kappa shape index (κ1) is 20.9. The van der Waals surface area contributed by atoms with Crippen LogP contribution in [0.25, 0.3) is 0 Å². The second-order valence-electron chi connectivity index (χ2n) is 6.54. The Balaban J connectivity index is 1.84. The second-order valence-corrected chi connectivity index (χ2v) is 6.54. The summed E-state index contributed by atoms with van der Waals surface area (Å²) in [6.45, 7) is 2.09. The summed E-state index contributed by atoms with van der Waals surface area (Å²) in [6, 6.07) is 8.52. The Hall–Kier alpha value is -2.81. The molecule has 1 aliphatic heterocycles. The zero-order chi connectivity index (χ0) is 21.2. The predicted octanol–water partition coefficient (Wildman–Crippen LogP) is 3.96. The number of aliphatic hydroxyl groups excluding tert-OH is 1. The molecular formula is C20H19F4NO4. The molecule has 0 spiro atoms. The third kappa shape index (κ3) is 4.97. The van der Waals surface area contributed by atoms with Crippen molar-refractivity contribution < 1.29 is 36.9 Å². The molecule has 2 aromatic rings. The zero-order valence-corrected chi connectivity index (χ0v) is 15.4. The van der Waals surface area contributed by atoms with Crippen molar-refractivity contribution >= 4 is 5.91 Å². The van der Waals surface area contributed by atoms with Crippen molar-refractivity contribution in [3.05, 3.63) is 59.4 Å². The first-order chi connectivity index (χ1) is 13.7. The van der Waals surface area contributed by atoms with Crippen molar-refractivity contribution in [1.29, 1.82) is 0 Å². The van der Waals surface area contributed by atoms with Crippen LogP contribution in [0.4, 0.5) is 17.6 Å². The van der Waals surface area contributed by atoms with Gasteiger partial charge in [0.25, 0.3) is 5.91 Å². The van der Waals surface area contributed by atoms with Gasteiger partial charge in [0.1, 0.15) is 23.4 Å². The van der Waals surface area contributed by atoms with Gasteiger partial charge in [-0.05, 0) is 30.7 Å². The number of halogens is 4. The first-order valence-corrected chi connectivity index (χ1v) is 8.93. The third-order valence-electron chi connectivity index (χ3n) is 4.54. The molecule has 9 heteroatoms. The molecule has 156 valence electrons. The summed E-state index contributed by atoms with van der Waals surface area (Å²) in [7, 11) is 0. The minimum absolute atomic E-state index is 0.0514. The van der Waals surface area contributed by atoms with Crippen LogP contribution in [0.1, 0.15) is 30.5 Å². The van der Waals surface area contributed by atoms with E-state index in [9.17, 15) is 27.5 Å². The van der Waals surface area contributed by atoms with Crippen molar-refractivity contribution in [2.75, 3.05) is 6.61 Å². The summed E-state index contributed by atoms with van der Waals surface area (Å²) < 4.78 is 59.8. The number of aliphatic hydroxyl groups is 1. The van der Waals surface area contributed by atoms with Gasteiger partial charge in [0.2, 0.25) is 0 Å². The lowest BCUT2D eigenvalue weighted by atomic mass is 10.0. The number of ether oxygens (including phenoxy) is 2. The van der Waals surface area contributed by atoms with Gasteiger partial charge >= 0.3 is 6.36 Å². The fraction of sp³-hybridized carbons (Fsp3) is 0.350. The Labute approximate surface area is 164 Å². The van der Waals surface area contributed by atoms with E-state index >= 15 is 0 Å². The van der Waals surface area contributed by atoms with E-state index in [1.54, 1.807) is 6.92 Å². The summed E-state index contributed by atoms with van der Waals surface area (Å²) in [5.41, 5.74) is 1.10. The Kier molecular flexibility index (Phi) is 5.97. The summed E-state index contributed by atoms with van der Waals surface area (Å²) in [4.78, 5) is 13.9. The highest BCUT2D eigenvalue weighted by Crippen LogP contribution is 2.39. The molecule has 5 nitrogen and oxygen atoms in total. The van der Waals surface area contributed by atoms with E-state index in [1.807, 2.05) is 0 Å². The van der Waals surface area contributed by atoms with Crippen LogP contribution in [0.2, 0.25) is 0 Å². The quantitative estimate of drug-likeness (QED) is 0.729. The lowest BCUT2D eigenvalue weighted by Gasteiger charge is -2.26. The Morgan fingerprint density at radius 1 is 1.17 bits per heavy atom. The first-order valence-electron chi connectivity index (χ1n) is 8.93. The molecule has 1 fully saturated rings. The van der Waals surface area contributed by atoms with Crippen LogP contribution in [0, 0.1) is 5.82 Å². The monoisotopic (exact) mass is 413 g/mol. The van der Waals surface area contributed by atoms with Crippen molar-refractivity contribution in [3.8, 4) is 11.5 Å². The molecule has 2 aromatic carbocycles. The predicted molar refractivity (Wildman–Crippen MR) is 94.6 cm³/mol. The summed E-state index contributed by atoms with van der Waals surface area (Å²) in [5.74, 6) is -1.10. The Bertz CT molecular complexity index is 870. The maximum absolute atomic E-state index is 13.6. The van der Waals surface area contributed by atoms with Crippen LogP contribution < -0.4 is 9.47 Å². The second kappa shape index (κ2) is 8.28. The molecule has 1 N–H and O–H groups in total. The van der Waals surface area contributed by atoms with Gasteiger partial charge in [-0.2, -0.15) is 0 Å². The number of hydrogen-bond donors (Lipinski definition) is 1. The number of benzene rings is 2. The number of nitrogens with zero attached hydrogens (tertiary/aromatic N) is 1. The largest absolute Gasteiger partial charge is 0.573 e. The Morgan fingerprint density at radius 2 is 1.86 bits per heavy atom. The molecule has 1 amide bonds. The van der Waals surface area contributed by atoms with E-state index in [0.29, 0.717) is 17.7 Å². The standard InChI is InChI=1S/C20H19F4NO4/c1-2-28-18-9-13(21)5-8-15(18)16-10-17(26)19(27)25(16)11-12-3-6-14(7-4-12)29-20(22,23)24/h3-9,16-17,26H,2,10-11H2,1H3/t16-,17+/m0/s1. The molecule has 0 radical (unpaired) electrons. The minimum atomic E-state index is -4.79. The molecule has 1 heterocycles. The van der Waals surface area contributed by atoms with E-state index in [4.69, 9.17) is 4.74 Å². The average molecular weight is 413 g/mol. The van der Waals surface area contributed by atoms with Gasteiger partial charge in [-0.25, -0.2) is 4.39 Å². The lowest BCUT2D eigenvalue weighted by Crippen LogP contribution is -2.30. The van der Waals surface area contributed by atoms with Crippen LogP contribution >= 0.6 is 0 Å². The number of amides is 1. The lowest BCUT2D eigenvalue weighted by molar-refractivity contribution is -0.274. The SMILES string of the molecule is CCOc1cc(F)ccc1[C@@H]1C[C@@H](O)C(=O)N1Cc1ccc(OC(F)(F)F)cc1. The van der Waals surface area contributed by atoms with E-state index in [-0.39, 0.29) is 24.5 Å². The van der Waals surface area contributed by atoms with Gasteiger partial charge in [0.15, 0.2) is 0 Å². The molecule has 1 saturated heterocycles. The van der Waals surface area contributed by atoms with Gasteiger partial charge in [0.05, 0.1) is 12.6 Å². The summed E-state index contributed by atoms with van der Waals surface area (Å²) in [6.07, 6.45) is -5.92. The fourth-order valence-electron chi connectivity index (χ4n) is 3.32. The number of rotatable bonds is 6. The van der Waals surface area contributed by atoms with Crippen LogP contribution in [0.15, 0.2) is 42.5 Å². The Morgan fingerprint density at radius 3 is 2.48 bits per heavy atom. The van der Waals surface area contributed by atoms with Crippen molar-refractivity contribution in [2.24, 2.45) is 0 Å². The molecule has 0 aliphatic carbocycles. The molecule has 2 atom stereocenters. The molecule has 1 aliphatic rings. The summed E-state index contributed by atoms with van der Waals surface area (Å²) in [5, 5.41) is 10.1. The number of alkyl halides is 3. The van der Waals surface area contributed by atoms with Crippen LogP contribution in [0.3, 0.4) is 0 Å². The van der Waals surface area contributed by atoms with Gasteiger partial charge in [-0.3, -0.25) is 4.79 Å². The number of hydrogen-bond acceptors (Lipinski definition) is 4. The third-order valence-corrected chi connectivity index (χ3v) is 4.54. The summed E-state index contributed by atoms with van der Waals surface area (Å²) >= 11 is 0. The number of likely N-dealkylation sites (tertiary alicyclic amines) is 1. The fourth-order valence-corrected chi connectivity index (χ4v) is 3.32. The van der Waals surface area contributed by atoms with E-state index in [2.05, 4.69) is 4.74 Å². The average Bonchev–Trinajstić information content (AvgIpc) is 2.91. The smallest absolute Gasteiger partial charge is 0.493 e. The maximum Gasteiger partial charge on any atom is 0.573 e. The highest BCUT2D eigenvalue weighted by molar-refractivity contribution is 5.83. The van der Waals surface area contributed by atoms with Gasteiger partial charge in [-0.15, -0.1) is 13.2 Å². The normalized spacial score (nSPS) is 19.5. The van der Waals surface area contributed by atoms with E-state index in [0.717, 1.165) is 12.1 Å². The highest BCUT2D eigenvalue weighted by Gasteiger charge is 2.40. The van der Waals surface area contributed by atoms with E-state index in [1.165, 1.54) is 35.2 Å². The van der Waals surface area contributed by atoms with Gasteiger partial charge in [0, 0.05) is 24.6 Å². The van der Waals surface area contributed by atoms with Gasteiger partial charge in [-0.1, -0.05) is 18.2 Å². The van der Waals surface area contributed by atoms with Crippen molar-refractivity contribution in [2.45, 2.75) is 38.4 Å². The van der Waals surface area contributed by atoms with Gasteiger partial charge < -0.3 is 19.5 Å². The number of carbonyl (C=O) groups excluding carboxylic acids is 1. The van der Waals surface area contributed by atoms with E-state index < -0.39 is 30.2 Å². The molecule has 0 unspecified atom stereocenters.